The molecule has 1 saturated carbocycles. The zero-order valence-electron chi connectivity index (χ0n) is 7.25. The first-order valence-electron chi connectivity index (χ1n) is 4.62. The van der Waals surface area contributed by atoms with E-state index in [0.717, 1.165) is 32.3 Å². The standard InChI is InChI=1S/C9H18O2/c1-2-3-6-11-9-5-4-8(10)7-9/h8-10H,2-7H2,1H3. The van der Waals surface area contributed by atoms with Gasteiger partial charge in [-0.3, -0.25) is 0 Å². The summed E-state index contributed by atoms with van der Waals surface area (Å²) < 4.78 is 5.55. The first-order valence-corrected chi connectivity index (χ1v) is 4.62. The second-order valence-electron chi connectivity index (χ2n) is 3.31. The Labute approximate surface area is 68.6 Å². The monoisotopic (exact) mass is 158 g/mol. The molecule has 1 aliphatic carbocycles. The van der Waals surface area contributed by atoms with Gasteiger partial charge in [-0.05, 0) is 25.7 Å². The lowest BCUT2D eigenvalue weighted by Crippen LogP contribution is -2.10. The molecule has 0 aromatic carbocycles. The SMILES string of the molecule is CCCCOC1CCC(O)C1. The van der Waals surface area contributed by atoms with E-state index in [4.69, 9.17) is 4.74 Å². The van der Waals surface area contributed by atoms with Crippen LogP contribution in [0, 0.1) is 0 Å². The quantitative estimate of drug-likeness (QED) is 0.631. The average Bonchev–Trinajstić information content (AvgIpc) is 2.37. The van der Waals surface area contributed by atoms with Gasteiger partial charge in [-0.15, -0.1) is 0 Å². The van der Waals surface area contributed by atoms with Crippen LogP contribution in [0.1, 0.15) is 39.0 Å². The Morgan fingerprint density at radius 2 is 2.27 bits per heavy atom. The maximum Gasteiger partial charge on any atom is 0.0600 e. The predicted molar refractivity (Wildman–Crippen MR) is 44.5 cm³/mol. The molecule has 0 saturated heterocycles. The zero-order valence-corrected chi connectivity index (χ0v) is 7.25. The smallest absolute Gasteiger partial charge is 0.0600 e. The third-order valence-corrected chi connectivity index (χ3v) is 2.21. The molecular weight excluding hydrogens is 140 g/mol. The van der Waals surface area contributed by atoms with Gasteiger partial charge in [0.05, 0.1) is 12.2 Å². The highest BCUT2D eigenvalue weighted by atomic mass is 16.5. The highest BCUT2D eigenvalue weighted by Gasteiger charge is 2.22. The molecule has 66 valence electrons. The van der Waals surface area contributed by atoms with Crippen molar-refractivity contribution in [2.45, 2.75) is 51.2 Å². The fraction of sp³-hybridized carbons (Fsp3) is 1.00. The summed E-state index contributed by atoms with van der Waals surface area (Å²) in [6.07, 6.45) is 5.41. The van der Waals surface area contributed by atoms with Crippen molar-refractivity contribution in [1.29, 1.82) is 0 Å². The predicted octanol–water partition coefficient (Wildman–Crippen LogP) is 1.72. The van der Waals surface area contributed by atoms with Crippen LogP contribution >= 0.6 is 0 Å². The Morgan fingerprint density at radius 3 is 2.82 bits per heavy atom. The van der Waals surface area contributed by atoms with Gasteiger partial charge in [0, 0.05) is 6.61 Å². The van der Waals surface area contributed by atoms with E-state index in [2.05, 4.69) is 6.92 Å². The minimum absolute atomic E-state index is 0.0957. The summed E-state index contributed by atoms with van der Waals surface area (Å²) in [5.41, 5.74) is 0. The molecule has 0 aromatic heterocycles. The van der Waals surface area contributed by atoms with E-state index in [1.807, 2.05) is 0 Å². The molecule has 0 bridgehead atoms. The maximum atomic E-state index is 9.18. The van der Waals surface area contributed by atoms with Gasteiger partial charge >= 0.3 is 0 Å². The van der Waals surface area contributed by atoms with E-state index in [0.29, 0.717) is 6.10 Å². The molecule has 0 radical (unpaired) electrons. The Morgan fingerprint density at radius 1 is 1.45 bits per heavy atom. The van der Waals surface area contributed by atoms with Gasteiger partial charge in [-0.2, -0.15) is 0 Å². The topological polar surface area (TPSA) is 29.5 Å². The van der Waals surface area contributed by atoms with Crippen molar-refractivity contribution < 1.29 is 9.84 Å². The second kappa shape index (κ2) is 4.73. The molecule has 2 unspecified atom stereocenters. The largest absolute Gasteiger partial charge is 0.393 e. The van der Waals surface area contributed by atoms with Crippen molar-refractivity contribution >= 4 is 0 Å². The Kier molecular flexibility index (Phi) is 3.87. The highest BCUT2D eigenvalue weighted by molar-refractivity contribution is 4.74. The van der Waals surface area contributed by atoms with Gasteiger partial charge in [0.25, 0.3) is 0 Å². The van der Waals surface area contributed by atoms with Crippen LogP contribution < -0.4 is 0 Å². The minimum atomic E-state index is -0.0957. The summed E-state index contributed by atoms with van der Waals surface area (Å²) >= 11 is 0. The molecule has 1 fully saturated rings. The van der Waals surface area contributed by atoms with Crippen molar-refractivity contribution in [3.63, 3.8) is 0 Å². The lowest BCUT2D eigenvalue weighted by molar-refractivity contribution is 0.0457. The average molecular weight is 158 g/mol. The minimum Gasteiger partial charge on any atom is -0.393 e. The highest BCUT2D eigenvalue weighted by Crippen LogP contribution is 2.21. The van der Waals surface area contributed by atoms with Crippen LogP contribution in [-0.2, 0) is 4.74 Å². The van der Waals surface area contributed by atoms with Crippen molar-refractivity contribution in [1.82, 2.24) is 0 Å². The van der Waals surface area contributed by atoms with Crippen molar-refractivity contribution in [2.75, 3.05) is 6.61 Å². The summed E-state index contributed by atoms with van der Waals surface area (Å²) in [6.45, 7) is 3.03. The number of unbranched alkanes of at least 4 members (excludes halogenated alkanes) is 1. The van der Waals surface area contributed by atoms with Crippen LogP contribution in [0.25, 0.3) is 0 Å². The maximum absolute atomic E-state index is 9.18. The van der Waals surface area contributed by atoms with E-state index in [1.165, 1.54) is 6.42 Å². The first-order chi connectivity index (χ1) is 5.33. The van der Waals surface area contributed by atoms with Gasteiger partial charge in [-0.1, -0.05) is 13.3 Å². The molecule has 0 heterocycles. The molecule has 2 atom stereocenters. The first kappa shape index (κ1) is 9.01. The lowest BCUT2D eigenvalue weighted by Gasteiger charge is -2.09. The number of aliphatic hydroxyl groups excluding tert-OH is 1. The summed E-state index contributed by atoms with van der Waals surface area (Å²) in [4.78, 5) is 0. The molecule has 0 aliphatic heterocycles. The van der Waals surface area contributed by atoms with Gasteiger partial charge < -0.3 is 9.84 Å². The van der Waals surface area contributed by atoms with Gasteiger partial charge in [0.1, 0.15) is 0 Å². The lowest BCUT2D eigenvalue weighted by atomic mass is 10.3. The normalized spacial score (nSPS) is 31.1. The van der Waals surface area contributed by atoms with E-state index in [-0.39, 0.29) is 6.10 Å². The summed E-state index contributed by atoms with van der Waals surface area (Å²) in [6, 6.07) is 0. The van der Waals surface area contributed by atoms with E-state index >= 15 is 0 Å². The Bertz CT molecular complexity index is 104. The Balaban J connectivity index is 1.99. The van der Waals surface area contributed by atoms with E-state index in [1.54, 1.807) is 0 Å². The van der Waals surface area contributed by atoms with Crippen molar-refractivity contribution in [2.24, 2.45) is 0 Å². The summed E-state index contributed by atoms with van der Waals surface area (Å²) in [5.74, 6) is 0. The molecule has 1 N–H and O–H groups in total. The van der Waals surface area contributed by atoms with Gasteiger partial charge in [0.2, 0.25) is 0 Å². The van der Waals surface area contributed by atoms with Crippen molar-refractivity contribution in [3.8, 4) is 0 Å². The number of hydrogen-bond donors (Lipinski definition) is 1. The third kappa shape index (κ3) is 3.21. The molecule has 11 heavy (non-hydrogen) atoms. The molecule has 0 amide bonds. The fourth-order valence-electron chi connectivity index (χ4n) is 1.46. The van der Waals surface area contributed by atoms with Crippen LogP contribution in [0.15, 0.2) is 0 Å². The van der Waals surface area contributed by atoms with Crippen LogP contribution in [0.3, 0.4) is 0 Å². The third-order valence-electron chi connectivity index (χ3n) is 2.21. The van der Waals surface area contributed by atoms with E-state index in [9.17, 15) is 5.11 Å². The molecule has 2 nitrogen and oxygen atoms in total. The van der Waals surface area contributed by atoms with Gasteiger partial charge in [-0.25, -0.2) is 0 Å². The molecule has 2 heteroatoms. The zero-order chi connectivity index (χ0) is 8.10. The summed E-state index contributed by atoms with van der Waals surface area (Å²) in [7, 11) is 0. The molecule has 0 aromatic rings. The molecule has 0 spiro atoms. The molecule has 1 rings (SSSR count). The Hall–Kier alpha value is -0.0800. The van der Waals surface area contributed by atoms with Crippen molar-refractivity contribution in [3.05, 3.63) is 0 Å². The molecular formula is C9H18O2. The number of ether oxygens (including phenoxy) is 1. The fourth-order valence-corrected chi connectivity index (χ4v) is 1.46. The van der Waals surface area contributed by atoms with E-state index < -0.39 is 0 Å². The second-order valence-corrected chi connectivity index (χ2v) is 3.31. The number of hydrogen-bond acceptors (Lipinski definition) is 2. The summed E-state index contributed by atoms with van der Waals surface area (Å²) in [5, 5.41) is 9.18. The van der Waals surface area contributed by atoms with Crippen LogP contribution in [0.4, 0.5) is 0 Å². The van der Waals surface area contributed by atoms with Crippen LogP contribution in [0.2, 0.25) is 0 Å². The van der Waals surface area contributed by atoms with Crippen LogP contribution in [0.5, 0.6) is 0 Å². The number of aliphatic hydroxyl groups is 1. The molecule has 1 aliphatic rings. The number of rotatable bonds is 4. The van der Waals surface area contributed by atoms with Crippen LogP contribution in [-0.4, -0.2) is 23.9 Å². The van der Waals surface area contributed by atoms with Gasteiger partial charge in [0.15, 0.2) is 0 Å².